The van der Waals surface area contributed by atoms with Crippen LogP contribution >= 0.6 is 0 Å². The van der Waals surface area contributed by atoms with Crippen LogP contribution in [0.5, 0.6) is 5.75 Å². The van der Waals surface area contributed by atoms with Crippen molar-refractivity contribution in [3.8, 4) is 5.75 Å². The Labute approximate surface area is 116 Å². The number of nitrogen functional groups attached to an aromatic ring is 1. The van der Waals surface area contributed by atoms with E-state index in [1.807, 2.05) is 0 Å². The number of carbonyl (C=O) groups is 2. The van der Waals surface area contributed by atoms with E-state index < -0.39 is 11.8 Å². The topological polar surface area (TPSA) is 90.6 Å². The average Bonchev–Trinajstić information content (AvgIpc) is 2.38. The molecule has 0 atom stereocenters. The van der Waals surface area contributed by atoms with Gasteiger partial charge in [0, 0.05) is 13.1 Å². The van der Waals surface area contributed by atoms with Crippen LogP contribution in [-0.4, -0.2) is 31.6 Å². The van der Waals surface area contributed by atoms with Crippen LogP contribution in [0.1, 0.15) is 24.2 Å². The summed E-state index contributed by atoms with van der Waals surface area (Å²) in [5.41, 5.74) is 5.05. The van der Waals surface area contributed by atoms with Gasteiger partial charge in [-0.25, -0.2) is 9.18 Å². The number of halogens is 1. The number of anilines is 1. The van der Waals surface area contributed by atoms with Gasteiger partial charge in [0.05, 0.1) is 17.4 Å². The van der Waals surface area contributed by atoms with Gasteiger partial charge in [0.25, 0.3) is 5.91 Å². The molecule has 20 heavy (non-hydrogen) atoms. The quantitative estimate of drug-likeness (QED) is 0.624. The van der Waals surface area contributed by atoms with Crippen molar-refractivity contribution in [3.05, 3.63) is 23.5 Å². The van der Waals surface area contributed by atoms with Gasteiger partial charge < -0.3 is 20.5 Å². The molecule has 7 heteroatoms. The fraction of sp³-hybridized carbons (Fsp3) is 0.385. The molecular formula is C13H17FN2O4. The van der Waals surface area contributed by atoms with Gasteiger partial charge in [-0.1, -0.05) is 0 Å². The molecule has 0 heterocycles. The summed E-state index contributed by atoms with van der Waals surface area (Å²) in [5.74, 6) is -1.92. The minimum atomic E-state index is -0.810. The van der Waals surface area contributed by atoms with Crippen molar-refractivity contribution in [2.45, 2.75) is 20.0 Å². The molecule has 0 aliphatic rings. The Bertz CT molecular complexity index is 517. The molecule has 6 nitrogen and oxygen atoms in total. The van der Waals surface area contributed by atoms with Gasteiger partial charge in [-0.15, -0.1) is 0 Å². The molecule has 1 rings (SSSR count). The van der Waals surface area contributed by atoms with E-state index in [1.165, 1.54) is 13.1 Å². The lowest BCUT2D eigenvalue weighted by atomic mass is 10.1. The molecule has 0 unspecified atom stereocenters. The fourth-order valence-corrected chi connectivity index (χ4v) is 1.34. The van der Waals surface area contributed by atoms with Gasteiger partial charge in [-0.2, -0.15) is 0 Å². The number of benzene rings is 1. The zero-order valence-corrected chi connectivity index (χ0v) is 11.5. The average molecular weight is 284 g/mol. The van der Waals surface area contributed by atoms with Crippen LogP contribution in [0.4, 0.5) is 10.1 Å². The van der Waals surface area contributed by atoms with Gasteiger partial charge in [0.15, 0.2) is 12.4 Å². The molecule has 110 valence electrons. The van der Waals surface area contributed by atoms with Gasteiger partial charge in [0.1, 0.15) is 5.75 Å². The lowest BCUT2D eigenvalue weighted by Gasteiger charge is -2.12. The van der Waals surface area contributed by atoms with E-state index in [0.717, 1.165) is 6.07 Å². The Hall–Kier alpha value is -2.31. The van der Waals surface area contributed by atoms with Crippen LogP contribution in [0.3, 0.4) is 0 Å². The largest absolute Gasteiger partial charge is 0.484 e. The molecule has 1 aromatic rings. The standard InChI is InChI=1S/C13H17FN2O4/c1-7(2)20-13(18)9-4-8(5-10(14)12(9)15)19-6-11(17)16-3/h4-5,7H,6,15H2,1-3H3,(H,16,17). The molecule has 0 fully saturated rings. The minimum absolute atomic E-state index is 0.0241. The molecule has 0 radical (unpaired) electrons. The number of carbonyl (C=O) groups excluding carboxylic acids is 2. The second-order valence-electron chi connectivity index (χ2n) is 4.28. The number of hydrogen-bond donors (Lipinski definition) is 2. The van der Waals surface area contributed by atoms with E-state index in [9.17, 15) is 14.0 Å². The SMILES string of the molecule is CNC(=O)COc1cc(F)c(N)c(C(=O)OC(C)C)c1. The maximum absolute atomic E-state index is 13.6. The van der Waals surface area contributed by atoms with E-state index >= 15 is 0 Å². The normalized spacial score (nSPS) is 10.2. The van der Waals surface area contributed by atoms with Crippen LogP contribution in [0.15, 0.2) is 12.1 Å². The van der Waals surface area contributed by atoms with Crippen molar-refractivity contribution in [1.82, 2.24) is 5.32 Å². The summed E-state index contributed by atoms with van der Waals surface area (Å²) in [5, 5.41) is 2.35. The Morgan fingerprint density at radius 2 is 2.05 bits per heavy atom. The van der Waals surface area contributed by atoms with Crippen LogP contribution in [0.2, 0.25) is 0 Å². The van der Waals surface area contributed by atoms with Crippen molar-refractivity contribution < 1.29 is 23.5 Å². The predicted molar refractivity (Wildman–Crippen MR) is 70.9 cm³/mol. The molecule has 0 aliphatic heterocycles. The fourth-order valence-electron chi connectivity index (χ4n) is 1.34. The van der Waals surface area contributed by atoms with E-state index in [4.69, 9.17) is 15.2 Å². The Morgan fingerprint density at radius 1 is 1.40 bits per heavy atom. The lowest BCUT2D eigenvalue weighted by molar-refractivity contribution is -0.122. The van der Waals surface area contributed by atoms with Gasteiger partial charge in [-0.05, 0) is 19.9 Å². The summed E-state index contributed by atoms with van der Waals surface area (Å²) in [6.45, 7) is 3.03. The molecule has 1 amide bonds. The lowest BCUT2D eigenvalue weighted by Crippen LogP contribution is -2.25. The van der Waals surface area contributed by atoms with Crippen molar-refractivity contribution in [2.24, 2.45) is 0 Å². The molecule has 0 aromatic heterocycles. The van der Waals surface area contributed by atoms with Gasteiger partial charge in [-0.3, -0.25) is 4.79 Å². The molecular weight excluding hydrogens is 267 g/mol. The van der Waals surface area contributed by atoms with E-state index in [1.54, 1.807) is 13.8 Å². The highest BCUT2D eigenvalue weighted by Gasteiger charge is 2.18. The number of esters is 1. The van der Waals surface area contributed by atoms with Gasteiger partial charge in [0.2, 0.25) is 0 Å². The maximum Gasteiger partial charge on any atom is 0.340 e. The Kier molecular flexibility index (Phi) is 5.31. The Morgan fingerprint density at radius 3 is 2.60 bits per heavy atom. The summed E-state index contributed by atoms with van der Waals surface area (Å²) in [4.78, 5) is 22.8. The third-order valence-corrected chi connectivity index (χ3v) is 2.31. The summed E-state index contributed by atoms with van der Waals surface area (Å²) < 4.78 is 23.7. The zero-order chi connectivity index (χ0) is 15.3. The van der Waals surface area contributed by atoms with E-state index in [0.29, 0.717) is 0 Å². The number of nitrogens with two attached hydrogens (primary N) is 1. The first-order chi connectivity index (χ1) is 9.35. The first kappa shape index (κ1) is 15.7. The summed E-state index contributed by atoms with van der Waals surface area (Å²) >= 11 is 0. The molecule has 0 bridgehead atoms. The number of amides is 1. The molecule has 3 N–H and O–H groups in total. The predicted octanol–water partition coefficient (Wildman–Crippen LogP) is 1.10. The molecule has 0 spiro atoms. The number of rotatable bonds is 5. The number of nitrogens with one attached hydrogen (secondary N) is 1. The first-order valence-corrected chi connectivity index (χ1v) is 5.98. The Balaban J connectivity index is 2.97. The number of hydrogen-bond acceptors (Lipinski definition) is 5. The summed E-state index contributed by atoms with van der Waals surface area (Å²) in [6.07, 6.45) is -0.361. The van der Waals surface area contributed by atoms with Crippen molar-refractivity contribution in [2.75, 3.05) is 19.4 Å². The monoisotopic (exact) mass is 284 g/mol. The zero-order valence-electron chi connectivity index (χ0n) is 11.5. The highest BCUT2D eigenvalue weighted by atomic mass is 19.1. The second kappa shape index (κ2) is 6.74. The van der Waals surface area contributed by atoms with E-state index in [-0.39, 0.29) is 35.6 Å². The highest BCUT2D eigenvalue weighted by Crippen LogP contribution is 2.24. The molecule has 1 aromatic carbocycles. The summed E-state index contributed by atoms with van der Waals surface area (Å²) in [7, 11) is 1.45. The minimum Gasteiger partial charge on any atom is -0.484 e. The van der Waals surface area contributed by atoms with Crippen molar-refractivity contribution >= 4 is 17.6 Å². The maximum atomic E-state index is 13.6. The first-order valence-electron chi connectivity index (χ1n) is 5.98. The van der Waals surface area contributed by atoms with E-state index in [2.05, 4.69) is 5.32 Å². The molecule has 0 aliphatic carbocycles. The van der Waals surface area contributed by atoms with Crippen molar-refractivity contribution in [3.63, 3.8) is 0 Å². The highest BCUT2D eigenvalue weighted by molar-refractivity contribution is 5.95. The molecule has 0 saturated heterocycles. The smallest absolute Gasteiger partial charge is 0.340 e. The summed E-state index contributed by atoms with van der Waals surface area (Å²) in [6, 6.07) is 2.25. The third-order valence-electron chi connectivity index (χ3n) is 2.31. The van der Waals surface area contributed by atoms with Gasteiger partial charge >= 0.3 is 5.97 Å². The van der Waals surface area contributed by atoms with Crippen LogP contribution in [0, 0.1) is 5.82 Å². The van der Waals surface area contributed by atoms with Crippen LogP contribution < -0.4 is 15.8 Å². The van der Waals surface area contributed by atoms with Crippen molar-refractivity contribution in [1.29, 1.82) is 0 Å². The second-order valence-corrected chi connectivity index (χ2v) is 4.28. The molecule has 0 saturated carbocycles. The number of ether oxygens (including phenoxy) is 2. The number of likely N-dealkylation sites (N-methyl/N-ethyl adjacent to an activating group) is 1. The van der Waals surface area contributed by atoms with Crippen LogP contribution in [0.25, 0.3) is 0 Å². The third kappa shape index (κ3) is 4.11. The van der Waals surface area contributed by atoms with Crippen LogP contribution in [-0.2, 0) is 9.53 Å².